The van der Waals surface area contributed by atoms with Gasteiger partial charge in [0.1, 0.15) is 12.0 Å². The van der Waals surface area contributed by atoms with Crippen molar-refractivity contribution in [1.82, 2.24) is 24.6 Å². The molecule has 30 heavy (non-hydrogen) atoms. The summed E-state index contributed by atoms with van der Waals surface area (Å²) in [6.07, 6.45) is 5.48. The Hall–Kier alpha value is -3.07. The third-order valence-corrected chi connectivity index (χ3v) is 5.66. The van der Waals surface area contributed by atoms with Gasteiger partial charge in [-0.25, -0.2) is 13.8 Å². The fraction of sp³-hybridized carbons (Fsp3) is 0.300. The molecule has 0 bridgehead atoms. The molecular formula is C20H17ClF2N6O. The van der Waals surface area contributed by atoms with Crippen LogP contribution in [-0.4, -0.2) is 36.6 Å². The Bertz CT molecular complexity index is 1310. The first-order valence-corrected chi connectivity index (χ1v) is 9.87. The summed E-state index contributed by atoms with van der Waals surface area (Å²) in [7, 11) is 0. The smallest absolute Gasteiger partial charge is 0.231 e. The second kappa shape index (κ2) is 6.73. The van der Waals surface area contributed by atoms with Gasteiger partial charge in [-0.15, -0.1) is 0 Å². The van der Waals surface area contributed by atoms with Crippen molar-refractivity contribution in [2.45, 2.75) is 32.4 Å². The summed E-state index contributed by atoms with van der Waals surface area (Å²) in [6.45, 7) is 3.76. The van der Waals surface area contributed by atoms with Crippen LogP contribution in [0.5, 0.6) is 0 Å². The van der Waals surface area contributed by atoms with Crippen molar-refractivity contribution in [3.8, 4) is 11.3 Å². The van der Waals surface area contributed by atoms with Gasteiger partial charge in [0, 0.05) is 22.7 Å². The lowest BCUT2D eigenvalue weighted by Gasteiger charge is -2.14. The number of halogens is 3. The van der Waals surface area contributed by atoms with E-state index in [0.717, 1.165) is 0 Å². The standard InChI is InChI=1S/C20H17ClF2N6O/c1-8(2)15-18(23)17(21)16(10-4-25-28-19(10)15)12-6-29-7-13(26-14(29)5-24-12)27-20(30)9-3-11(9)22/h4-9,11H,3H2,1-2H3,(H,25,28)(H,27,30). The molecule has 1 aromatic carbocycles. The first kappa shape index (κ1) is 18.9. The number of imidazole rings is 1. The summed E-state index contributed by atoms with van der Waals surface area (Å²) in [5.74, 6) is -1.32. The van der Waals surface area contributed by atoms with E-state index >= 15 is 4.39 Å². The van der Waals surface area contributed by atoms with Crippen molar-refractivity contribution in [2.24, 2.45) is 5.92 Å². The maximum absolute atomic E-state index is 15.1. The number of hydrogen-bond acceptors (Lipinski definition) is 4. The SMILES string of the molecule is CC(C)c1c(F)c(Cl)c(-c2cn3cc(NC(=O)C4CC4F)nc3cn2)c2cn[nH]c12. The highest BCUT2D eigenvalue weighted by Gasteiger charge is 2.43. The van der Waals surface area contributed by atoms with Crippen LogP contribution in [0, 0.1) is 11.7 Å². The molecule has 0 spiro atoms. The van der Waals surface area contributed by atoms with Crippen LogP contribution < -0.4 is 5.32 Å². The Labute approximate surface area is 174 Å². The van der Waals surface area contributed by atoms with Gasteiger partial charge in [-0.3, -0.25) is 14.9 Å². The molecule has 1 aliphatic rings. The number of amides is 1. The molecule has 2 unspecified atom stereocenters. The number of aromatic nitrogens is 5. The van der Waals surface area contributed by atoms with Gasteiger partial charge in [0.2, 0.25) is 5.91 Å². The molecule has 3 heterocycles. The lowest BCUT2D eigenvalue weighted by Crippen LogP contribution is -2.15. The van der Waals surface area contributed by atoms with Crippen molar-refractivity contribution in [1.29, 1.82) is 0 Å². The lowest BCUT2D eigenvalue weighted by molar-refractivity contribution is -0.117. The minimum atomic E-state index is -1.08. The van der Waals surface area contributed by atoms with Crippen LogP contribution in [0.4, 0.5) is 14.6 Å². The predicted molar refractivity (Wildman–Crippen MR) is 109 cm³/mol. The van der Waals surface area contributed by atoms with Gasteiger partial charge in [-0.1, -0.05) is 25.4 Å². The molecule has 3 aromatic heterocycles. The largest absolute Gasteiger partial charge is 0.309 e. The zero-order valence-corrected chi connectivity index (χ0v) is 16.8. The van der Waals surface area contributed by atoms with Crippen molar-refractivity contribution < 1.29 is 13.6 Å². The molecule has 7 nitrogen and oxygen atoms in total. The van der Waals surface area contributed by atoms with Crippen LogP contribution in [0.25, 0.3) is 27.8 Å². The average molecular weight is 431 g/mol. The zero-order valence-electron chi connectivity index (χ0n) is 16.1. The lowest BCUT2D eigenvalue weighted by atomic mass is 9.96. The van der Waals surface area contributed by atoms with E-state index in [1.54, 1.807) is 23.0 Å². The van der Waals surface area contributed by atoms with Crippen molar-refractivity contribution in [3.05, 3.63) is 41.2 Å². The van der Waals surface area contributed by atoms with E-state index in [2.05, 4.69) is 25.5 Å². The molecule has 0 radical (unpaired) electrons. The molecule has 10 heteroatoms. The molecular weight excluding hydrogens is 414 g/mol. The number of hydrogen-bond donors (Lipinski definition) is 2. The second-order valence-electron chi connectivity index (χ2n) is 7.74. The van der Waals surface area contributed by atoms with Crippen LogP contribution >= 0.6 is 11.6 Å². The van der Waals surface area contributed by atoms with Crippen molar-refractivity contribution in [2.75, 3.05) is 5.32 Å². The maximum Gasteiger partial charge on any atom is 0.231 e. The summed E-state index contributed by atoms with van der Waals surface area (Å²) in [5, 5.41) is 10.2. The van der Waals surface area contributed by atoms with Gasteiger partial charge in [-0.05, 0) is 12.3 Å². The molecule has 1 aliphatic carbocycles. The topological polar surface area (TPSA) is 88.0 Å². The highest BCUT2D eigenvalue weighted by molar-refractivity contribution is 6.35. The number of anilines is 1. The Balaban J connectivity index is 1.59. The first-order chi connectivity index (χ1) is 14.3. The van der Waals surface area contributed by atoms with E-state index in [1.807, 2.05) is 13.8 Å². The second-order valence-corrected chi connectivity index (χ2v) is 8.12. The van der Waals surface area contributed by atoms with Gasteiger partial charge in [0.15, 0.2) is 11.5 Å². The molecule has 2 N–H and O–H groups in total. The average Bonchev–Trinajstić information content (AvgIpc) is 3.08. The minimum absolute atomic E-state index is 0.0317. The number of rotatable bonds is 4. The molecule has 154 valence electrons. The van der Waals surface area contributed by atoms with E-state index in [9.17, 15) is 9.18 Å². The summed E-state index contributed by atoms with van der Waals surface area (Å²) in [6, 6.07) is 0. The molecule has 2 atom stereocenters. The number of fused-ring (bicyclic) bond motifs is 2. The highest BCUT2D eigenvalue weighted by Crippen LogP contribution is 2.40. The molecule has 1 fully saturated rings. The Morgan fingerprint density at radius 1 is 1.37 bits per heavy atom. The summed E-state index contributed by atoms with van der Waals surface area (Å²) >= 11 is 6.42. The van der Waals surface area contributed by atoms with Gasteiger partial charge in [-0.2, -0.15) is 5.10 Å². The number of H-pyrrole nitrogens is 1. The zero-order chi connectivity index (χ0) is 21.2. The van der Waals surface area contributed by atoms with Crippen LogP contribution in [0.2, 0.25) is 5.02 Å². The molecule has 1 amide bonds. The van der Waals surface area contributed by atoms with E-state index in [0.29, 0.717) is 39.2 Å². The number of carbonyl (C=O) groups excluding carboxylic acids is 1. The van der Waals surface area contributed by atoms with Gasteiger partial charge < -0.3 is 9.72 Å². The van der Waals surface area contributed by atoms with Crippen LogP contribution in [0.15, 0.2) is 24.8 Å². The Kier molecular flexibility index (Phi) is 4.25. The third-order valence-electron chi connectivity index (χ3n) is 5.30. The number of nitrogens with zero attached hydrogens (tertiary/aromatic N) is 4. The van der Waals surface area contributed by atoms with E-state index in [-0.39, 0.29) is 17.4 Å². The van der Waals surface area contributed by atoms with E-state index in [1.165, 1.54) is 6.20 Å². The number of benzene rings is 1. The van der Waals surface area contributed by atoms with Gasteiger partial charge in [0.25, 0.3) is 0 Å². The Morgan fingerprint density at radius 2 is 2.13 bits per heavy atom. The third kappa shape index (κ3) is 2.92. The fourth-order valence-electron chi connectivity index (χ4n) is 3.67. The van der Waals surface area contributed by atoms with E-state index < -0.39 is 23.8 Å². The normalized spacial score (nSPS) is 18.5. The molecule has 5 rings (SSSR count). The molecule has 0 saturated heterocycles. The summed E-state index contributed by atoms with van der Waals surface area (Å²) < 4.78 is 29.8. The predicted octanol–water partition coefficient (Wildman–Crippen LogP) is 4.49. The van der Waals surface area contributed by atoms with Crippen LogP contribution in [-0.2, 0) is 4.79 Å². The fourth-order valence-corrected chi connectivity index (χ4v) is 3.97. The number of carbonyl (C=O) groups is 1. The van der Waals surface area contributed by atoms with Crippen LogP contribution in [0.3, 0.4) is 0 Å². The van der Waals surface area contributed by atoms with Crippen LogP contribution in [0.1, 0.15) is 31.7 Å². The summed E-state index contributed by atoms with van der Waals surface area (Å²) in [4.78, 5) is 20.6. The molecule has 1 saturated carbocycles. The number of alkyl halides is 1. The first-order valence-electron chi connectivity index (χ1n) is 9.49. The maximum atomic E-state index is 15.1. The van der Waals surface area contributed by atoms with Gasteiger partial charge >= 0.3 is 0 Å². The molecule has 0 aliphatic heterocycles. The van der Waals surface area contributed by atoms with Crippen molar-refractivity contribution >= 4 is 39.9 Å². The number of aromatic amines is 1. The van der Waals surface area contributed by atoms with E-state index in [4.69, 9.17) is 11.6 Å². The highest BCUT2D eigenvalue weighted by atomic mass is 35.5. The monoisotopic (exact) mass is 430 g/mol. The summed E-state index contributed by atoms with van der Waals surface area (Å²) in [5.41, 5.74) is 2.36. The minimum Gasteiger partial charge on any atom is -0.309 e. The van der Waals surface area contributed by atoms with Gasteiger partial charge in [0.05, 0.1) is 40.7 Å². The Morgan fingerprint density at radius 3 is 2.83 bits per heavy atom. The molecule has 4 aromatic rings. The number of nitrogens with one attached hydrogen (secondary N) is 2. The quantitative estimate of drug-likeness (QED) is 0.499. The van der Waals surface area contributed by atoms with Crippen molar-refractivity contribution in [3.63, 3.8) is 0 Å².